The van der Waals surface area contributed by atoms with Crippen LogP contribution < -0.4 is 5.32 Å². The van der Waals surface area contributed by atoms with Crippen LogP contribution in [0.2, 0.25) is 0 Å². The highest BCUT2D eigenvalue weighted by molar-refractivity contribution is 8.00. The molecular formula is C12H13F6NOS. The molecule has 0 saturated carbocycles. The van der Waals surface area contributed by atoms with Gasteiger partial charge in [-0.1, -0.05) is 12.1 Å². The summed E-state index contributed by atoms with van der Waals surface area (Å²) in [4.78, 5) is 0. The van der Waals surface area contributed by atoms with Crippen molar-refractivity contribution in [1.82, 2.24) is 5.32 Å². The summed E-state index contributed by atoms with van der Waals surface area (Å²) in [6.07, 6.45) is -5.53. The van der Waals surface area contributed by atoms with Crippen LogP contribution in [0, 0.1) is 0 Å². The van der Waals surface area contributed by atoms with Gasteiger partial charge < -0.3 is 10.4 Å². The van der Waals surface area contributed by atoms with Crippen LogP contribution in [0.5, 0.6) is 0 Å². The van der Waals surface area contributed by atoms with Gasteiger partial charge in [0.25, 0.3) is 0 Å². The highest BCUT2D eigenvalue weighted by atomic mass is 32.2. The first-order chi connectivity index (χ1) is 9.59. The number of nitrogens with one attached hydrogen (secondary N) is 1. The number of benzene rings is 1. The fraction of sp³-hybridized carbons (Fsp3) is 0.500. The predicted octanol–water partition coefficient (Wildman–Crippen LogP) is 3.58. The molecule has 9 heteroatoms. The zero-order valence-electron chi connectivity index (χ0n) is 10.6. The third kappa shape index (κ3) is 7.05. The lowest BCUT2D eigenvalue weighted by atomic mass is 10.1. The van der Waals surface area contributed by atoms with Crippen molar-refractivity contribution in [2.24, 2.45) is 0 Å². The number of hydrogen-bond acceptors (Lipinski definition) is 3. The van der Waals surface area contributed by atoms with E-state index in [2.05, 4.69) is 5.32 Å². The second-order valence-electron chi connectivity index (χ2n) is 4.13. The van der Waals surface area contributed by atoms with Gasteiger partial charge in [-0.05, 0) is 29.5 Å². The Bertz CT molecular complexity index is 431. The summed E-state index contributed by atoms with van der Waals surface area (Å²) < 4.78 is 72.5. The summed E-state index contributed by atoms with van der Waals surface area (Å²) in [6.45, 7) is -0.00828. The number of hydrogen-bond donors (Lipinski definition) is 2. The van der Waals surface area contributed by atoms with Gasteiger partial charge in [-0.25, -0.2) is 0 Å². The molecule has 1 rings (SSSR count). The maximum Gasteiger partial charge on any atom is 0.441 e. The fourth-order valence-corrected chi connectivity index (χ4v) is 1.97. The zero-order chi connectivity index (χ0) is 16.1. The summed E-state index contributed by atoms with van der Waals surface area (Å²) in [7, 11) is 0. The second kappa shape index (κ2) is 7.37. The van der Waals surface area contributed by atoms with Gasteiger partial charge in [-0.3, -0.25) is 0 Å². The van der Waals surface area contributed by atoms with Crippen molar-refractivity contribution < 1.29 is 31.4 Å². The van der Waals surface area contributed by atoms with Gasteiger partial charge in [0.2, 0.25) is 0 Å². The average Bonchev–Trinajstić information content (AvgIpc) is 2.36. The molecule has 21 heavy (non-hydrogen) atoms. The van der Waals surface area contributed by atoms with Gasteiger partial charge in [-0.15, -0.1) is 0 Å². The minimum atomic E-state index is -4.45. The van der Waals surface area contributed by atoms with Crippen molar-refractivity contribution in [2.75, 3.05) is 18.8 Å². The Morgan fingerprint density at radius 1 is 1.05 bits per heavy atom. The normalized spacial score (nSPS) is 14.2. The molecule has 0 radical (unpaired) electrons. The number of halogens is 6. The van der Waals surface area contributed by atoms with Crippen LogP contribution in [-0.4, -0.2) is 29.5 Å². The molecule has 0 spiro atoms. The molecule has 120 valence electrons. The highest BCUT2D eigenvalue weighted by Gasteiger charge is 2.30. The Balaban J connectivity index is 2.37. The maximum absolute atomic E-state index is 12.3. The molecule has 0 aliphatic carbocycles. The molecule has 1 atom stereocenters. The Morgan fingerprint density at radius 3 is 2.10 bits per heavy atom. The molecule has 1 aromatic carbocycles. The second-order valence-corrected chi connectivity index (χ2v) is 5.29. The molecule has 0 aromatic heterocycles. The van der Waals surface area contributed by atoms with Crippen LogP contribution in [0.1, 0.15) is 17.2 Å². The van der Waals surface area contributed by atoms with Crippen molar-refractivity contribution in [2.45, 2.75) is 17.8 Å². The van der Waals surface area contributed by atoms with Gasteiger partial charge in [0.15, 0.2) is 0 Å². The smallest absolute Gasteiger partial charge is 0.387 e. The zero-order valence-corrected chi connectivity index (χ0v) is 11.4. The van der Waals surface area contributed by atoms with E-state index >= 15 is 0 Å². The van der Waals surface area contributed by atoms with E-state index in [1.54, 1.807) is 0 Å². The largest absolute Gasteiger partial charge is 0.441 e. The summed E-state index contributed by atoms with van der Waals surface area (Å²) in [6, 6.07) is 3.97. The monoisotopic (exact) mass is 333 g/mol. The van der Waals surface area contributed by atoms with Crippen molar-refractivity contribution in [3.8, 4) is 0 Å². The number of rotatable bonds is 6. The molecule has 0 saturated heterocycles. The van der Waals surface area contributed by atoms with Crippen molar-refractivity contribution >= 4 is 11.8 Å². The minimum Gasteiger partial charge on any atom is -0.387 e. The molecule has 0 bridgehead atoms. The van der Waals surface area contributed by atoms with E-state index in [0.29, 0.717) is 0 Å². The quantitative estimate of drug-likeness (QED) is 0.616. The van der Waals surface area contributed by atoms with Crippen LogP contribution in [0.15, 0.2) is 24.3 Å². The molecule has 1 aromatic rings. The van der Waals surface area contributed by atoms with Crippen LogP contribution in [0.3, 0.4) is 0 Å². The lowest BCUT2D eigenvalue weighted by molar-refractivity contribution is -0.137. The molecule has 0 aliphatic heterocycles. The minimum absolute atomic E-state index is 0.0296. The maximum atomic E-state index is 12.3. The molecule has 0 fully saturated rings. The highest BCUT2D eigenvalue weighted by Crippen LogP contribution is 2.30. The third-order valence-electron chi connectivity index (χ3n) is 2.51. The van der Waals surface area contributed by atoms with Gasteiger partial charge in [0.1, 0.15) is 0 Å². The summed E-state index contributed by atoms with van der Waals surface area (Å²) in [5.74, 6) is -0.205. The Kier molecular flexibility index (Phi) is 6.36. The Labute approximate surface area is 121 Å². The van der Waals surface area contributed by atoms with E-state index in [1.807, 2.05) is 0 Å². The van der Waals surface area contributed by atoms with Gasteiger partial charge in [-0.2, -0.15) is 26.3 Å². The van der Waals surface area contributed by atoms with E-state index in [9.17, 15) is 31.4 Å². The SMILES string of the molecule is OC(CNCCSC(F)(F)F)c1ccc(C(F)(F)F)cc1. The third-order valence-corrected chi connectivity index (χ3v) is 3.24. The first-order valence-electron chi connectivity index (χ1n) is 5.86. The van der Waals surface area contributed by atoms with Crippen LogP contribution in [0.25, 0.3) is 0 Å². The van der Waals surface area contributed by atoms with Crippen LogP contribution in [-0.2, 0) is 6.18 Å². The fourth-order valence-electron chi connectivity index (χ4n) is 1.49. The summed E-state index contributed by atoms with van der Waals surface area (Å²) in [5, 5.41) is 12.3. The van der Waals surface area contributed by atoms with Crippen molar-refractivity contribution in [3.05, 3.63) is 35.4 Å². The standard InChI is InChI=1S/C12H13F6NOS/c13-11(14,15)9-3-1-8(2-4-9)10(20)7-19-5-6-21-12(16,17)18/h1-4,10,19-20H,5-7H2. The van der Waals surface area contributed by atoms with Gasteiger partial charge in [0, 0.05) is 18.8 Å². The first-order valence-corrected chi connectivity index (χ1v) is 6.85. The van der Waals surface area contributed by atoms with E-state index in [0.717, 1.165) is 24.3 Å². The van der Waals surface area contributed by atoms with Crippen LogP contribution in [0.4, 0.5) is 26.3 Å². The Morgan fingerprint density at radius 2 is 1.62 bits per heavy atom. The summed E-state index contributed by atoms with van der Waals surface area (Å²) in [5.41, 5.74) is -4.86. The molecule has 1 unspecified atom stereocenters. The topological polar surface area (TPSA) is 32.3 Å². The number of aliphatic hydroxyl groups excluding tert-OH is 1. The Hall–Kier alpha value is -0.930. The molecular weight excluding hydrogens is 320 g/mol. The number of alkyl halides is 6. The lowest BCUT2D eigenvalue weighted by Crippen LogP contribution is -2.24. The van der Waals surface area contributed by atoms with E-state index in [1.165, 1.54) is 0 Å². The summed E-state index contributed by atoms with van der Waals surface area (Å²) >= 11 is -0.183. The first kappa shape index (κ1) is 18.1. The average molecular weight is 333 g/mol. The molecule has 0 aliphatic rings. The molecule has 2 N–H and O–H groups in total. The lowest BCUT2D eigenvalue weighted by Gasteiger charge is -2.14. The van der Waals surface area contributed by atoms with E-state index in [-0.39, 0.29) is 36.2 Å². The van der Waals surface area contributed by atoms with Crippen molar-refractivity contribution in [3.63, 3.8) is 0 Å². The number of thioether (sulfide) groups is 1. The molecule has 0 amide bonds. The number of aliphatic hydroxyl groups is 1. The van der Waals surface area contributed by atoms with E-state index in [4.69, 9.17) is 0 Å². The van der Waals surface area contributed by atoms with Gasteiger partial charge in [0.05, 0.1) is 11.7 Å². The van der Waals surface area contributed by atoms with E-state index < -0.39 is 23.4 Å². The van der Waals surface area contributed by atoms with Gasteiger partial charge >= 0.3 is 11.7 Å². The molecule has 0 heterocycles. The van der Waals surface area contributed by atoms with Crippen molar-refractivity contribution in [1.29, 1.82) is 0 Å². The predicted molar refractivity (Wildman–Crippen MR) is 67.8 cm³/mol. The van der Waals surface area contributed by atoms with Crippen LogP contribution >= 0.6 is 11.8 Å². The molecule has 2 nitrogen and oxygen atoms in total.